The van der Waals surface area contributed by atoms with E-state index in [1.165, 1.54) is 11.7 Å². The number of aromatic nitrogens is 2. The van der Waals surface area contributed by atoms with Crippen LogP contribution in [0.5, 0.6) is 5.75 Å². The molecule has 116 valence electrons. The molecule has 0 radical (unpaired) electrons. The Bertz CT molecular complexity index is 884. The zero-order valence-corrected chi connectivity index (χ0v) is 12.4. The molecule has 0 saturated carbocycles. The van der Waals surface area contributed by atoms with Crippen molar-refractivity contribution >= 4 is 22.8 Å². The number of hydrogen-bond donors (Lipinski definition) is 1. The molecule has 0 unspecified atom stereocenters. The molecule has 23 heavy (non-hydrogen) atoms. The molecule has 0 saturated heterocycles. The Kier molecular flexibility index (Phi) is 3.80. The number of nitrogens with zero attached hydrogens (tertiary/aromatic N) is 2. The highest BCUT2D eigenvalue weighted by atomic mass is 16.5. The van der Waals surface area contributed by atoms with Crippen molar-refractivity contribution in [2.45, 2.75) is 6.54 Å². The molecule has 6 nitrogen and oxygen atoms in total. The number of ketones is 1. The lowest BCUT2D eigenvalue weighted by molar-refractivity contribution is -0.137. The van der Waals surface area contributed by atoms with E-state index in [-0.39, 0.29) is 18.2 Å². The fourth-order valence-electron chi connectivity index (χ4n) is 2.42. The van der Waals surface area contributed by atoms with E-state index in [0.717, 1.165) is 0 Å². The Morgan fingerprint density at radius 3 is 2.57 bits per heavy atom. The van der Waals surface area contributed by atoms with E-state index in [2.05, 4.69) is 4.98 Å². The van der Waals surface area contributed by atoms with Crippen molar-refractivity contribution in [2.75, 3.05) is 7.11 Å². The molecule has 0 amide bonds. The topological polar surface area (TPSA) is 81.4 Å². The zero-order chi connectivity index (χ0) is 16.4. The van der Waals surface area contributed by atoms with Crippen LogP contribution < -0.4 is 4.74 Å². The number of imidazole rings is 1. The molecule has 0 bridgehead atoms. The van der Waals surface area contributed by atoms with E-state index in [1.807, 2.05) is 6.07 Å². The summed E-state index contributed by atoms with van der Waals surface area (Å²) in [5.74, 6) is -0.665. The molecule has 3 aromatic rings. The summed E-state index contributed by atoms with van der Waals surface area (Å²) in [6.07, 6.45) is 0. The average molecular weight is 310 g/mol. The van der Waals surface area contributed by atoms with Crippen molar-refractivity contribution in [3.63, 3.8) is 0 Å². The third kappa shape index (κ3) is 2.78. The van der Waals surface area contributed by atoms with Gasteiger partial charge < -0.3 is 14.4 Å². The molecule has 3 rings (SSSR count). The summed E-state index contributed by atoms with van der Waals surface area (Å²) < 4.78 is 6.56. The summed E-state index contributed by atoms with van der Waals surface area (Å²) in [7, 11) is 1.53. The van der Waals surface area contributed by atoms with Gasteiger partial charge in [-0.15, -0.1) is 0 Å². The lowest BCUT2D eigenvalue weighted by Crippen LogP contribution is -2.16. The fraction of sp³-hybridized carbons (Fsp3) is 0.118. The number of ether oxygens (including phenoxy) is 1. The summed E-state index contributed by atoms with van der Waals surface area (Å²) in [6.45, 7) is -0.337. The predicted octanol–water partition coefficient (Wildman–Crippen LogP) is 2.36. The molecular formula is C17H14N2O4. The minimum atomic E-state index is -1.04. The van der Waals surface area contributed by atoms with Gasteiger partial charge in [-0.25, -0.2) is 4.98 Å². The quantitative estimate of drug-likeness (QED) is 0.732. The van der Waals surface area contributed by atoms with Gasteiger partial charge in [0.2, 0.25) is 5.78 Å². The number of carbonyl (C=O) groups excluding carboxylic acids is 1. The smallest absolute Gasteiger partial charge is 0.323 e. The van der Waals surface area contributed by atoms with Gasteiger partial charge in [0, 0.05) is 11.6 Å². The molecule has 1 aromatic heterocycles. The number of rotatable bonds is 5. The van der Waals surface area contributed by atoms with Crippen molar-refractivity contribution in [3.05, 3.63) is 59.9 Å². The monoisotopic (exact) mass is 310 g/mol. The first-order valence-electron chi connectivity index (χ1n) is 6.96. The molecule has 0 atom stereocenters. The van der Waals surface area contributed by atoms with Crippen LogP contribution in [0.4, 0.5) is 0 Å². The second-order valence-electron chi connectivity index (χ2n) is 4.97. The van der Waals surface area contributed by atoms with Gasteiger partial charge >= 0.3 is 5.97 Å². The summed E-state index contributed by atoms with van der Waals surface area (Å²) in [4.78, 5) is 28.1. The fourth-order valence-corrected chi connectivity index (χ4v) is 2.42. The Morgan fingerprint density at radius 1 is 1.17 bits per heavy atom. The van der Waals surface area contributed by atoms with E-state index < -0.39 is 5.97 Å². The SMILES string of the molecule is COc1ccc2c(c1)nc(C(=O)c1ccccc1)n2CC(=O)O. The first-order chi connectivity index (χ1) is 11.1. The summed E-state index contributed by atoms with van der Waals surface area (Å²) in [5, 5.41) is 9.14. The van der Waals surface area contributed by atoms with Crippen LogP contribution in [0.2, 0.25) is 0 Å². The van der Waals surface area contributed by atoms with Gasteiger partial charge in [-0.1, -0.05) is 30.3 Å². The van der Waals surface area contributed by atoms with Crippen molar-refractivity contribution in [1.29, 1.82) is 0 Å². The van der Waals surface area contributed by atoms with E-state index >= 15 is 0 Å². The molecule has 0 fully saturated rings. The lowest BCUT2D eigenvalue weighted by Gasteiger charge is -2.06. The molecule has 0 aliphatic rings. The minimum Gasteiger partial charge on any atom is -0.497 e. The van der Waals surface area contributed by atoms with Crippen molar-refractivity contribution in [1.82, 2.24) is 9.55 Å². The highest BCUT2D eigenvalue weighted by Gasteiger charge is 2.20. The molecule has 1 heterocycles. The first kappa shape index (κ1) is 14.8. The molecule has 2 aromatic carbocycles. The second kappa shape index (κ2) is 5.92. The van der Waals surface area contributed by atoms with Crippen LogP contribution >= 0.6 is 0 Å². The Morgan fingerprint density at radius 2 is 1.91 bits per heavy atom. The van der Waals surface area contributed by atoms with Crippen LogP contribution in [0.15, 0.2) is 48.5 Å². The lowest BCUT2D eigenvalue weighted by atomic mass is 10.1. The second-order valence-corrected chi connectivity index (χ2v) is 4.97. The predicted molar refractivity (Wildman–Crippen MR) is 83.8 cm³/mol. The van der Waals surface area contributed by atoms with Crippen LogP contribution in [-0.4, -0.2) is 33.5 Å². The molecular weight excluding hydrogens is 296 g/mol. The van der Waals surface area contributed by atoms with Gasteiger partial charge in [0.25, 0.3) is 0 Å². The Balaban J connectivity index is 2.18. The number of aliphatic carboxylic acids is 1. The van der Waals surface area contributed by atoms with Crippen LogP contribution in [0.1, 0.15) is 16.2 Å². The van der Waals surface area contributed by atoms with E-state index in [4.69, 9.17) is 9.84 Å². The van der Waals surface area contributed by atoms with Gasteiger partial charge in [-0.05, 0) is 12.1 Å². The Hall–Kier alpha value is -3.15. The van der Waals surface area contributed by atoms with Gasteiger partial charge in [0.15, 0.2) is 5.82 Å². The number of carbonyl (C=O) groups is 2. The highest BCUT2D eigenvalue weighted by Crippen LogP contribution is 2.23. The molecule has 0 spiro atoms. The number of methoxy groups -OCH3 is 1. The number of carboxylic acids is 1. The normalized spacial score (nSPS) is 10.7. The van der Waals surface area contributed by atoms with Gasteiger partial charge in [0.1, 0.15) is 12.3 Å². The summed E-state index contributed by atoms with van der Waals surface area (Å²) in [6, 6.07) is 13.7. The third-order valence-corrected chi connectivity index (χ3v) is 3.49. The van der Waals surface area contributed by atoms with Gasteiger partial charge in [-0.2, -0.15) is 0 Å². The Labute approximate surface area is 131 Å². The van der Waals surface area contributed by atoms with Gasteiger partial charge in [-0.3, -0.25) is 9.59 Å². The van der Waals surface area contributed by atoms with Crippen LogP contribution in [-0.2, 0) is 11.3 Å². The molecule has 0 aliphatic heterocycles. The van der Waals surface area contributed by atoms with E-state index in [0.29, 0.717) is 22.3 Å². The maximum absolute atomic E-state index is 12.7. The number of benzene rings is 2. The maximum atomic E-state index is 12.7. The summed E-state index contributed by atoms with van der Waals surface area (Å²) >= 11 is 0. The highest BCUT2D eigenvalue weighted by molar-refractivity contribution is 6.08. The van der Waals surface area contributed by atoms with Crippen molar-refractivity contribution in [3.8, 4) is 5.75 Å². The standard InChI is InChI=1S/C17H14N2O4/c1-23-12-7-8-14-13(9-12)18-17(19(14)10-15(20)21)16(22)11-5-3-2-4-6-11/h2-9H,10H2,1H3,(H,20,21). The van der Waals surface area contributed by atoms with E-state index in [1.54, 1.807) is 42.5 Å². The van der Waals surface area contributed by atoms with Gasteiger partial charge in [0.05, 0.1) is 18.1 Å². The van der Waals surface area contributed by atoms with E-state index in [9.17, 15) is 9.59 Å². The minimum absolute atomic E-state index is 0.0989. The summed E-state index contributed by atoms with van der Waals surface area (Å²) in [5.41, 5.74) is 1.55. The third-order valence-electron chi connectivity index (χ3n) is 3.49. The first-order valence-corrected chi connectivity index (χ1v) is 6.96. The van der Waals surface area contributed by atoms with Crippen LogP contribution in [0.25, 0.3) is 11.0 Å². The average Bonchev–Trinajstić information content (AvgIpc) is 2.92. The number of fused-ring (bicyclic) bond motifs is 1. The van der Waals surface area contributed by atoms with Crippen LogP contribution in [0.3, 0.4) is 0 Å². The largest absolute Gasteiger partial charge is 0.497 e. The molecule has 1 N–H and O–H groups in total. The number of hydrogen-bond acceptors (Lipinski definition) is 4. The zero-order valence-electron chi connectivity index (χ0n) is 12.4. The number of carboxylic acid groups (broad SMARTS) is 1. The maximum Gasteiger partial charge on any atom is 0.323 e. The van der Waals surface area contributed by atoms with Crippen molar-refractivity contribution in [2.24, 2.45) is 0 Å². The molecule has 0 aliphatic carbocycles. The van der Waals surface area contributed by atoms with Crippen LogP contribution in [0, 0.1) is 0 Å². The molecule has 6 heteroatoms. The van der Waals surface area contributed by atoms with Crippen molar-refractivity contribution < 1.29 is 19.4 Å².